The summed E-state index contributed by atoms with van der Waals surface area (Å²) in [7, 11) is 0. The largest absolute Gasteiger partial charge is 0.494 e. The van der Waals surface area contributed by atoms with Gasteiger partial charge in [0.1, 0.15) is 5.75 Å². The van der Waals surface area contributed by atoms with E-state index in [1.54, 1.807) is 5.56 Å². The fraction of sp³-hybridized carbons (Fsp3) is 0.481. The van der Waals surface area contributed by atoms with Crippen LogP contribution in [-0.4, -0.2) is 37.7 Å². The highest BCUT2D eigenvalue weighted by molar-refractivity contribution is 5.68. The van der Waals surface area contributed by atoms with Crippen LogP contribution in [0.25, 0.3) is 5.57 Å². The molecule has 1 unspecified atom stereocenters. The van der Waals surface area contributed by atoms with E-state index in [-0.39, 0.29) is 5.54 Å². The summed E-state index contributed by atoms with van der Waals surface area (Å²) < 4.78 is 5.66. The van der Waals surface area contributed by atoms with Crippen LogP contribution >= 0.6 is 0 Å². The third kappa shape index (κ3) is 4.19. The summed E-state index contributed by atoms with van der Waals surface area (Å²) >= 11 is 0. The molecule has 0 radical (unpaired) electrons. The number of nitrogens with one attached hydrogen (secondary N) is 1. The highest BCUT2D eigenvalue weighted by atomic mass is 16.5. The predicted molar refractivity (Wildman–Crippen MR) is 126 cm³/mol. The van der Waals surface area contributed by atoms with E-state index in [2.05, 4.69) is 78.7 Å². The van der Waals surface area contributed by atoms with Crippen molar-refractivity contribution in [3.8, 4) is 5.75 Å². The SMILES string of the molecule is CCOc1ccc(C2=CCCC(c3ccccc3C(C)C)(N3CCNCC3)C2)cc1. The molecule has 0 spiro atoms. The first-order chi connectivity index (χ1) is 14.6. The number of nitrogens with zero attached hydrogens (tertiary/aromatic N) is 1. The molecule has 2 aromatic rings. The van der Waals surface area contributed by atoms with Gasteiger partial charge in [-0.2, -0.15) is 0 Å². The molecule has 2 aromatic carbocycles. The molecule has 1 N–H and O–H groups in total. The van der Waals surface area contributed by atoms with Crippen LogP contribution in [0.4, 0.5) is 0 Å². The lowest BCUT2D eigenvalue weighted by Crippen LogP contribution is -2.55. The van der Waals surface area contributed by atoms with E-state index in [0.717, 1.165) is 44.8 Å². The van der Waals surface area contributed by atoms with Crippen molar-refractivity contribution in [2.45, 2.75) is 51.5 Å². The van der Waals surface area contributed by atoms with Gasteiger partial charge in [-0.25, -0.2) is 0 Å². The van der Waals surface area contributed by atoms with Crippen molar-refractivity contribution >= 4 is 5.57 Å². The summed E-state index contributed by atoms with van der Waals surface area (Å²) in [5.41, 5.74) is 5.93. The minimum Gasteiger partial charge on any atom is -0.494 e. The maximum Gasteiger partial charge on any atom is 0.119 e. The van der Waals surface area contributed by atoms with E-state index in [9.17, 15) is 0 Å². The zero-order valence-electron chi connectivity index (χ0n) is 18.8. The quantitative estimate of drug-likeness (QED) is 0.680. The van der Waals surface area contributed by atoms with E-state index >= 15 is 0 Å². The van der Waals surface area contributed by atoms with E-state index in [0.29, 0.717) is 12.5 Å². The van der Waals surface area contributed by atoms with Crippen LogP contribution in [0.3, 0.4) is 0 Å². The van der Waals surface area contributed by atoms with Crippen LogP contribution in [0.2, 0.25) is 0 Å². The summed E-state index contributed by atoms with van der Waals surface area (Å²) in [6.07, 6.45) is 5.86. The maximum atomic E-state index is 5.66. The maximum absolute atomic E-state index is 5.66. The van der Waals surface area contributed by atoms with Gasteiger partial charge in [0.2, 0.25) is 0 Å². The van der Waals surface area contributed by atoms with Gasteiger partial charge in [0.05, 0.1) is 12.1 Å². The monoisotopic (exact) mass is 404 g/mol. The number of benzene rings is 2. The van der Waals surface area contributed by atoms with Crippen LogP contribution in [0.15, 0.2) is 54.6 Å². The summed E-state index contributed by atoms with van der Waals surface area (Å²) in [5, 5.41) is 3.55. The van der Waals surface area contributed by atoms with E-state index in [1.165, 1.54) is 23.1 Å². The average molecular weight is 405 g/mol. The Kier molecular flexibility index (Phi) is 6.60. The Hall–Kier alpha value is -2.10. The van der Waals surface area contributed by atoms with Gasteiger partial charge in [-0.05, 0) is 66.5 Å². The van der Waals surface area contributed by atoms with Gasteiger partial charge in [0, 0.05) is 26.2 Å². The van der Waals surface area contributed by atoms with Crippen molar-refractivity contribution in [3.05, 3.63) is 71.3 Å². The van der Waals surface area contributed by atoms with E-state index in [4.69, 9.17) is 4.74 Å². The minimum atomic E-state index is 0.0750. The molecule has 4 rings (SSSR count). The molecule has 0 aromatic heterocycles. The summed E-state index contributed by atoms with van der Waals surface area (Å²) in [6.45, 7) is 11.8. The molecular weight excluding hydrogens is 368 g/mol. The molecule has 0 saturated carbocycles. The Morgan fingerprint density at radius 2 is 1.77 bits per heavy atom. The molecule has 160 valence electrons. The van der Waals surface area contributed by atoms with Gasteiger partial charge in [0.15, 0.2) is 0 Å². The molecule has 1 atom stereocenters. The van der Waals surface area contributed by atoms with Gasteiger partial charge >= 0.3 is 0 Å². The molecule has 0 amide bonds. The van der Waals surface area contributed by atoms with Crippen LogP contribution in [0, 0.1) is 0 Å². The number of rotatable bonds is 6. The first kappa shape index (κ1) is 21.1. The zero-order valence-corrected chi connectivity index (χ0v) is 18.8. The predicted octanol–water partition coefficient (Wildman–Crippen LogP) is 5.58. The second-order valence-electron chi connectivity index (χ2n) is 8.91. The summed E-state index contributed by atoms with van der Waals surface area (Å²) in [4.78, 5) is 2.77. The highest BCUT2D eigenvalue weighted by Gasteiger charge is 2.42. The van der Waals surface area contributed by atoms with Gasteiger partial charge in [-0.1, -0.05) is 56.3 Å². The lowest BCUT2D eigenvalue weighted by molar-refractivity contribution is 0.0629. The molecule has 1 heterocycles. The van der Waals surface area contributed by atoms with E-state index in [1.807, 2.05) is 6.92 Å². The third-order valence-corrected chi connectivity index (χ3v) is 6.77. The Morgan fingerprint density at radius 3 is 2.47 bits per heavy atom. The Morgan fingerprint density at radius 1 is 1.03 bits per heavy atom. The number of ether oxygens (including phenoxy) is 1. The normalized spacial score (nSPS) is 22.7. The standard InChI is InChI=1S/C27H36N2O/c1-4-30-24-13-11-22(12-14-24)23-8-7-15-27(20-23,29-18-16-28-17-19-29)26-10-6-5-9-25(26)21(2)3/h5-6,8-14,21,28H,4,7,15-20H2,1-3H3. The molecular formula is C27H36N2O. The van der Waals surface area contributed by atoms with Crippen molar-refractivity contribution in [1.29, 1.82) is 0 Å². The Bertz CT molecular complexity index is 865. The van der Waals surface area contributed by atoms with Crippen molar-refractivity contribution in [1.82, 2.24) is 10.2 Å². The van der Waals surface area contributed by atoms with E-state index < -0.39 is 0 Å². The second-order valence-corrected chi connectivity index (χ2v) is 8.91. The lowest BCUT2D eigenvalue weighted by atomic mass is 9.71. The molecule has 1 fully saturated rings. The summed E-state index contributed by atoms with van der Waals surface area (Å²) in [5.74, 6) is 1.48. The zero-order chi connectivity index (χ0) is 21.0. The molecule has 3 heteroatoms. The molecule has 30 heavy (non-hydrogen) atoms. The number of allylic oxidation sites excluding steroid dienone is 1. The fourth-order valence-electron chi connectivity index (χ4n) is 5.30. The Labute approximate surface area is 182 Å². The lowest BCUT2D eigenvalue weighted by Gasteiger charge is -2.49. The highest BCUT2D eigenvalue weighted by Crippen LogP contribution is 2.47. The van der Waals surface area contributed by atoms with Crippen LogP contribution in [-0.2, 0) is 5.54 Å². The number of piperazine rings is 1. The first-order valence-corrected chi connectivity index (χ1v) is 11.6. The number of hydrogen-bond donors (Lipinski definition) is 1. The van der Waals surface area contributed by atoms with Gasteiger partial charge in [-0.15, -0.1) is 0 Å². The van der Waals surface area contributed by atoms with Crippen molar-refractivity contribution in [3.63, 3.8) is 0 Å². The minimum absolute atomic E-state index is 0.0750. The summed E-state index contributed by atoms with van der Waals surface area (Å²) in [6, 6.07) is 17.9. The molecule has 1 aliphatic heterocycles. The van der Waals surface area contributed by atoms with Crippen LogP contribution in [0.5, 0.6) is 5.75 Å². The van der Waals surface area contributed by atoms with Gasteiger partial charge in [-0.3, -0.25) is 4.90 Å². The average Bonchev–Trinajstić information content (AvgIpc) is 2.80. The topological polar surface area (TPSA) is 24.5 Å². The van der Waals surface area contributed by atoms with Crippen LogP contribution in [0.1, 0.15) is 62.6 Å². The number of hydrogen-bond acceptors (Lipinski definition) is 3. The van der Waals surface area contributed by atoms with Gasteiger partial charge in [0.25, 0.3) is 0 Å². The Balaban J connectivity index is 1.73. The fourth-order valence-corrected chi connectivity index (χ4v) is 5.30. The smallest absolute Gasteiger partial charge is 0.119 e. The second kappa shape index (κ2) is 9.36. The molecule has 2 aliphatic rings. The third-order valence-electron chi connectivity index (χ3n) is 6.77. The van der Waals surface area contributed by atoms with Crippen molar-refractivity contribution < 1.29 is 4.74 Å². The first-order valence-electron chi connectivity index (χ1n) is 11.6. The van der Waals surface area contributed by atoms with Crippen LogP contribution < -0.4 is 10.1 Å². The molecule has 3 nitrogen and oxygen atoms in total. The van der Waals surface area contributed by atoms with Crippen molar-refractivity contribution in [2.24, 2.45) is 0 Å². The van der Waals surface area contributed by atoms with Gasteiger partial charge < -0.3 is 10.1 Å². The molecule has 0 bridgehead atoms. The molecule has 1 aliphatic carbocycles. The van der Waals surface area contributed by atoms with Crippen molar-refractivity contribution in [2.75, 3.05) is 32.8 Å². The molecule has 1 saturated heterocycles.